The monoisotopic (exact) mass is 231 g/mol. The third-order valence-electron chi connectivity index (χ3n) is 4.78. The highest BCUT2D eigenvalue weighted by Gasteiger charge is 2.42. The van der Waals surface area contributed by atoms with Crippen LogP contribution >= 0.6 is 0 Å². The molecule has 1 aliphatic heterocycles. The average molecular weight is 231 g/mol. The van der Waals surface area contributed by atoms with Gasteiger partial charge in [-0.25, -0.2) is 0 Å². The molecule has 0 radical (unpaired) electrons. The number of fused-ring (bicyclic) bond motifs is 3. The van der Waals surface area contributed by atoms with Gasteiger partial charge in [0.25, 0.3) is 0 Å². The molecule has 2 heteroatoms. The van der Waals surface area contributed by atoms with Crippen molar-refractivity contribution in [2.75, 3.05) is 6.54 Å². The highest BCUT2D eigenvalue weighted by molar-refractivity contribution is 5.46. The van der Waals surface area contributed by atoms with Crippen LogP contribution in [0, 0.1) is 6.92 Å². The van der Waals surface area contributed by atoms with Crippen LogP contribution in [0.25, 0.3) is 0 Å². The minimum Gasteiger partial charge on any atom is -0.508 e. The SMILES string of the molecule is Cc1cc2c(cc1O)C1(C)CCC[C@@H]1NCC2. The summed E-state index contributed by atoms with van der Waals surface area (Å²) in [6, 6.07) is 4.79. The van der Waals surface area contributed by atoms with E-state index in [0.29, 0.717) is 11.8 Å². The molecule has 3 rings (SSSR count). The number of rotatable bonds is 0. The molecule has 1 saturated carbocycles. The Balaban J connectivity index is 2.17. The Hall–Kier alpha value is -1.02. The molecule has 1 aromatic carbocycles. The second-order valence-electron chi connectivity index (χ2n) is 5.86. The molecule has 0 amide bonds. The van der Waals surface area contributed by atoms with Crippen LogP contribution in [0.1, 0.15) is 42.9 Å². The summed E-state index contributed by atoms with van der Waals surface area (Å²) >= 11 is 0. The summed E-state index contributed by atoms with van der Waals surface area (Å²) in [7, 11) is 0. The van der Waals surface area contributed by atoms with Crippen molar-refractivity contribution in [3.05, 3.63) is 28.8 Å². The Morgan fingerprint density at radius 3 is 3.06 bits per heavy atom. The van der Waals surface area contributed by atoms with Gasteiger partial charge in [-0.1, -0.05) is 19.4 Å². The van der Waals surface area contributed by atoms with Crippen molar-refractivity contribution < 1.29 is 5.11 Å². The number of hydrogen-bond donors (Lipinski definition) is 2. The van der Waals surface area contributed by atoms with Gasteiger partial charge in [0, 0.05) is 11.5 Å². The third-order valence-corrected chi connectivity index (χ3v) is 4.78. The maximum Gasteiger partial charge on any atom is 0.118 e. The number of phenolic OH excluding ortho intramolecular Hbond substituents is 1. The lowest BCUT2D eigenvalue weighted by molar-refractivity contribution is 0.374. The number of aromatic hydroxyl groups is 1. The Morgan fingerprint density at radius 1 is 1.41 bits per heavy atom. The fourth-order valence-corrected chi connectivity index (χ4v) is 3.69. The molecule has 0 bridgehead atoms. The summed E-state index contributed by atoms with van der Waals surface area (Å²) in [5, 5.41) is 13.7. The number of benzene rings is 1. The van der Waals surface area contributed by atoms with E-state index in [9.17, 15) is 5.11 Å². The van der Waals surface area contributed by atoms with Crippen LogP contribution in [0.2, 0.25) is 0 Å². The van der Waals surface area contributed by atoms with Gasteiger partial charge in [-0.3, -0.25) is 0 Å². The van der Waals surface area contributed by atoms with Crippen LogP contribution in [0.4, 0.5) is 0 Å². The summed E-state index contributed by atoms with van der Waals surface area (Å²) in [5.74, 6) is 0.456. The van der Waals surface area contributed by atoms with Gasteiger partial charge < -0.3 is 10.4 Å². The summed E-state index contributed by atoms with van der Waals surface area (Å²) in [4.78, 5) is 0. The molecule has 2 N–H and O–H groups in total. The molecule has 0 aromatic heterocycles. The molecular formula is C15H21NO. The van der Waals surface area contributed by atoms with E-state index in [0.717, 1.165) is 18.5 Å². The van der Waals surface area contributed by atoms with Crippen LogP contribution in [0.15, 0.2) is 12.1 Å². The minimum atomic E-state index is 0.219. The molecule has 1 aliphatic carbocycles. The number of nitrogens with one attached hydrogen (secondary N) is 1. The molecule has 1 aromatic rings. The van der Waals surface area contributed by atoms with Crippen LogP contribution in [-0.4, -0.2) is 17.7 Å². The van der Waals surface area contributed by atoms with E-state index < -0.39 is 0 Å². The molecule has 1 heterocycles. The van der Waals surface area contributed by atoms with Gasteiger partial charge in [-0.15, -0.1) is 0 Å². The largest absolute Gasteiger partial charge is 0.508 e. The first kappa shape index (κ1) is 11.1. The Labute approximate surface area is 103 Å². The standard InChI is InChI=1S/C15H21NO/c1-10-8-11-5-7-16-14-4-3-6-15(14,2)12(11)9-13(10)17/h8-9,14,16-17H,3-7H2,1-2H3/t14-,15?/m0/s1. The lowest BCUT2D eigenvalue weighted by Crippen LogP contribution is -2.41. The molecule has 92 valence electrons. The second kappa shape index (κ2) is 3.74. The lowest BCUT2D eigenvalue weighted by atomic mass is 9.75. The first-order valence-electron chi connectivity index (χ1n) is 6.67. The molecule has 17 heavy (non-hydrogen) atoms. The molecule has 2 atom stereocenters. The highest BCUT2D eigenvalue weighted by Crippen LogP contribution is 2.45. The Kier molecular flexibility index (Phi) is 2.44. The number of phenols is 1. The predicted octanol–water partition coefficient (Wildman–Crippen LogP) is 2.66. The topological polar surface area (TPSA) is 32.3 Å². The number of aryl methyl sites for hydroxylation is 1. The zero-order valence-corrected chi connectivity index (χ0v) is 10.7. The van der Waals surface area contributed by atoms with Crippen molar-refractivity contribution in [1.29, 1.82) is 0 Å². The second-order valence-corrected chi connectivity index (χ2v) is 5.86. The van der Waals surface area contributed by atoms with E-state index >= 15 is 0 Å². The van der Waals surface area contributed by atoms with Crippen molar-refractivity contribution in [3.63, 3.8) is 0 Å². The number of hydrogen-bond acceptors (Lipinski definition) is 2. The lowest BCUT2D eigenvalue weighted by Gasteiger charge is -2.32. The van der Waals surface area contributed by atoms with E-state index in [1.807, 2.05) is 13.0 Å². The smallest absolute Gasteiger partial charge is 0.118 e. The Morgan fingerprint density at radius 2 is 2.24 bits per heavy atom. The van der Waals surface area contributed by atoms with Crippen molar-refractivity contribution in [2.45, 2.75) is 51.0 Å². The van der Waals surface area contributed by atoms with Gasteiger partial charge in [0.1, 0.15) is 5.75 Å². The van der Waals surface area contributed by atoms with E-state index in [4.69, 9.17) is 0 Å². The predicted molar refractivity (Wildman–Crippen MR) is 69.5 cm³/mol. The fraction of sp³-hybridized carbons (Fsp3) is 0.600. The zero-order chi connectivity index (χ0) is 12.0. The van der Waals surface area contributed by atoms with Crippen LogP contribution in [0.5, 0.6) is 5.75 Å². The summed E-state index contributed by atoms with van der Waals surface area (Å²) in [5.41, 5.74) is 4.04. The van der Waals surface area contributed by atoms with Gasteiger partial charge in [0.15, 0.2) is 0 Å². The summed E-state index contributed by atoms with van der Waals surface area (Å²) in [6.07, 6.45) is 4.88. The first-order chi connectivity index (χ1) is 8.11. The maximum atomic E-state index is 9.98. The molecule has 2 nitrogen and oxygen atoms in total. The Bertz CT molecular complexity index is 454. The zero-order valence-electron chi connectivity index (χ0n) is 10.7. The normalized spacial score (nSPS) is 31.8. The molecule has 1 unspecified atom stereocenters. The van der Waals surface area contributed by atoms with Gasteiger partial charge in [-0.2, -0.15) is 0 Å². The quantitative estimate of drug-likeness (QED) is 0.719. The van der Waals surface area contributed by atoms with Gasteiger partial charge in [0.05, 0.1) is 0 Å². The first-order valence-corrected chi connectivity index (χ1v) is 6.67. The van der Waals surface area contributed by atoms with Crippen LogP contribution in [0.3, 0.4) is 0 Å². The fourth-order valence-electron chi connectivity index (χ4n) is 3.69. The van der Waals surface area contributed by atoms with Gasteiger partial charge in [-0.05, 0) is 55.5 Å². The van der Waals surface area contributed by atoms with Crippen LogP contribution in [-0.2, 0) is 11.8 Å². The minimum absolute atomic E-state index is 0.219. The van der Waals surface area contributed by atoms with Gasteiger partial charge in [0.2, 0.25) is 0 Å². The average Bonchev–Trinajstić information content (AvgIpc) is 2.61. The van der Waals surface area contributed by atoms with Crippen molar-refractivity contribution in [2.24, 2.45) is 0 Å². The molecule has 1 fully saturated rings. The van der Waals surface area contributed by atoms with Crippen LogP contribution < -0.4 is 5.32 Å². The van der Waals surface area contributed by atoms with Crippen molar-refractivity contribution in [1.82, 2.24) is 5.32 Å². The van der Waals surface area contributed by atoms with Crippen molar-refractivity contribution in [3.8, 4) is 5.75 Å². The van der Waals surface area contributed by atoms with E-state index in [-0.39, 0.29) is 5.41 Å². The molecule has 0 saturated heterocycles. The molecule has 2 aliphatic rings. The molecule has 0 spiro atoms. The summed E-state index contributed by atoms with van der Waals surface area (Å²) < 4.78 is 0. The van der Waals surface area contributed by atoms with E-state index in [1.54, 1.807) is 0 Å². The van der Waals surface area contributed by atoms with E-state index in [1.165, 1.54) is 30.4 Å². The van der Waals surface area contributed by atoms with Gasteiger partial charge >= 0.3 is 0 Å². The highest BCUT2D eigenvalue weighted by atomic mass is 16.3. The van der Waals surface area contributed by atoms with Crippen molar-refractivity contribution >= 4 is 0 Å². The molecular weight excluding hydrogens is 210 g/mol. The van der Waals surface area contributed by atoms with E-state index in [2.05, 4.69) is 18.3 Å². The third kappa shape index (κ3) is 1.58. The maximum absolute atomic E-state index is 9.98. The summed E-state index contributed by atoms with van der Waals surface area (Å²) in [6.45, 7) is 5.41.